The molecule has 0 aromatic heterocycles. The number of fused-ring (bicyclic) bond motifs is 2. The maximum atomic E-state index is 13.4. The van der Waals surface area contributed by atoms with E-state index in [4.69, 9.17) is 9.73 Å². The first kappa shape index (κ1) is 19.0. The first-order valence-electron chi connectivity index (χ1n) is 10.6. The van der Waals surface area contributed by atoms with Crippen LogP contribution in [0.4, 0.5) is 11.4 Å². The summed E-state index contributed by atoms with van der Waals surface area (Å²) in [7, 11) is 0. The number of amides is 1. The molecule has 1 saturated heterocycles. The minimum Gasteiger partial charge on any atom is -0.364 e. The maximum Gasteiger partial charge on any atom is 0.281 e. The molecule has 0 radical (unpaired) electrons. The van der Waals surface area contributed by atoms with E-state index in [9.17, 15) is 4.79 Å². The molecule has 1 amide bonds. The van der Waals surface area contributed by atoms with Gasteiger partial charge in [-0.15, -0.1) is 0 Å². The summed E-state index contributed by atoms with van der Waals surface area (Å²) in [6, 6.07) is 22.2. The van der Waals surface area contributed by atoms with E-state index in [-0.39, 0.29) is 18.1 Å². The van der Waals surface area contributed by atoms with Gasteiger partial charge in [-0.25, -0.2) is 4.99 Å². The van der Waals surface area contributed by atoms with Crippen molar-refractivity contribution in [3.05, 3.63) is 72.3 Å². The topological polar surface area (TPSA) is 46.3 Å². The van der Waals surface area contributed by atoms with Crippen molar-refractivity contribution >= 4 is 33.8 Å². The van der Waals surface area contributed by atoms with E-state index in [1.165, 1.54) is 10.3 Å². The predicted molar refractivity (Wildman–Crippen MR) is 120 cm³/mol. The van der Waals surface area contributed by atoms with Gasteiger partial charge < -0.3 is 9.64 Å². The van der Waals surface area contributed by atoms with Crippen molar-refractivity contribution in [1.82, 2.24) is 0 Å². The second-order valence-corrected chi connectivity index (χ2v) is 8.32. The smallest absolute Gasteiger partial charge is 0.281 e. The van der Waals surface area contributed by atoms with E-state index in [0.717, 1.165) is 35.4 Å². The predicted octanol–water partition coefficient (Wildman–Crippen LogP) is 2.96. The zero-order chi connectivity index (χ0) is 20.7. The normalized spacial score (nSPS) is 25.1. The van der Waals surface area contributed by atoms with Crippen LogP contribution in [0, 0.1) is 0 Å². The molecular formula is C25H26N3O2+. The van der Waals surface area contributed by atoms with Gasteiger partial charge in [-0.1, -0.05) is 48.5 Å². The highest BCUT2D eigenvalue weighted by Gasteiger charge is 2.37. The van der Waals surface area contributed by atoms with E-state index in [0.29, 0.717) is 12.4 Å². The van der Waals surface area contributed by atoms with Gasteiger partial charge >= 0.3 is 0 Å². The number of rotatable bonds is 3. The van der Waals surface area contributed by atoms with Gasteiger partial charge in [0.1, 0.15) is 31.0 Å². The van der Waals surface area contributed by atoms with Crippen LogP contribution in [0.3, 0.4) is 0 Å². The number of hydrogen-bond acceptors (Lipinski definition) is 3. The lowest BCUT2D eigenvalue weighted by Crippen LogP contribution is -3.17. The van der Waals surface area contributed by atoms with Gasteiger partial charge in [-0.2, -0.15) is 0 Å². The van der Waals surface area contributed by atoms with Gasteiger partial charge in [0.15, 0.2) is 6.67 Å². The zero-order valence-electron chi connectivity index (χ0n) is 17.3. The number of ether oxygens (including phenoxy) is 1. The minimum absolute atomic E-state index is 0.0244. The number of hydrogen-bond donors (Lipinski definition) is 1. The number of anilines is 1. The van der Waals surface area contributed by atoms with Crippen LogP contribution in [0.15, 0.2) is 71.7 Å². The molecule has 1 fully saturated rings. The van der Waals surface area contributed by atoms with Crippen molar-refractivity contribution in [1.29, 1.82) is 0 Å². The van der Waals surface area contributed by atoms with Gasteiger partial charge in [-0.3, -0.25) is 9.69 Å². The molecule has 2 aliphatic rings. The molecule has 5 heteroatoms. The van der Waals surface area contributed by atoms with Gasteiger partial charge in [0.05, 0.1) is 11.4 Å². The lowest BCUT2D eigenvalue weighted by atomic mass is 10.1. The number of nitrogens with one attached hydrogen (secondary N) is 1. The molecule has 1 N–H and O–H groups in total. The molecule has 5 rings (SSSR count). The van der Waals surface area contributed by atoms with Crippen LogP contribution in [0.1, 0.15) is 19.4 Å². The largest absolute Gasteiger partial charge is 0.364 e. The average Bonchev–Trinajstić information content (AvgIpc) is 2.99. The van der Waals surface area contributed by atoms with Gasteiger partial charge in [0.2, 0.25) is 0 Å². The molecule has 0 unspecified atom stereocenters. The molecule has 5 nitrogen and oxygen atoms in total. The fourth-order valence-electron chi connectivity index (χ4n) is 4.64. The standard InChI is InChI=1S/C25H25N3O2/c1-17-14-27(15-18(2)30-17)16-28-23-10-6-5-9-22(23)24(25(28)29)26-21-12-11-19-7-3-4-8-20(19)13-21/h3-13,17-18H,14-16H2,1-2H3/p+1/t17-,18-/m0/s1. The molecule has 152 valence electrons. The fraction of sp³-hybridized carbons (Fsp3) is 0.280. The summed E-state index contributed by atoms with van der Waals surface area (Å²) in [5, 5.41) is 2.29. The summed E-state index contributed by atoms with van der Waals surface area (Å²) in [4.78, 5) is 21.5. The lowest BCUT2D eigenvalue weighted by molar-refractivity contribution is -0.913. The van der Waals surface area contributed by atoms with Crippen molar-refractivity contribution < 1.29 is 14.4 Å². The summed E-state index contributed by atoms with van der Waals surface area (Å²) in [5.41, 5.74) is 3.18. The first-order valence-corrected chi connectivity index (χ1v) is 10.6. The summed E-state index contributed by atoms with van der Waals surface area (Å²) in [5.74, 6) is -0.0244. The lowest BCUT2D eigenvalue weighted by Gasteiger charge is -2.34. The van der Waals surface area contributed by atoms with E-state index in [1.807, 2.05) is 53.4 Å². The summed E-state index contributed by atoms with van der Waals surface area (Å²) >= 11 is 0. The minimum atomic E-state index is -0.0244. The molecule has 0 bridgehead atoms. The van der Waals surface area contributed by atoms with Crippen LogP contribution >= 0.6 is 0 Å². The Morgan fingerprint density at radius 1 is 0.967 bits per heavy atom. The Morgan fingerprint density at radius 2 is 1.67 bits per heavy atom. The zero-order valence-corrected chi connectivity index (χ0v) is 17.3. The molecule has 2 aliphatic heterocycles. The molecule has 0 spiro atoms. The highest BCUT2D eigenvalue weighted by Crippen LogP contribution is 2.31. The van der Waals surface area contributed by atoms with Crippen LogP contribution in [0.2, 0.25) is 0 Å². The van der Waals surface area contributed by atoms with E-state index >= 15 is 0 Å². The highest BCUT2D eigenvalue weighted by atomic mass is 16.5. The van der Waals surface area contributed by atoms with Crippen molar-refractivity contribution in [2.24, 2.45) is 4.99 Å². The van der Waals surface area contributed by atoms with Gasteiger partial charge in [-0.05, 0) is 42.8 Å². The third-order valence-electron chi connectivity index (χ3n) is 5.87. The molecule has 2 heterocycles. The van der Waals surface area contributed by atoms with Crippen molar-refractivity contribution in [2.75, 3.05) is 24.7 Å². The Morgan fingerprint density at radius 3 is 2.47 bits per heavy atom. The number of morpholine rings is 1. The fourth-order valence-corrected chi connectivity index (χ4v) is 4.64. The summed E-state index contributed by atoms with van der Waals surface area (Å²) in [6.07, 6.45) is 0.393. The Labute approximate surface area is 176 Å². The number of quaternary nitrogens is 1. The Bertz CT molecular complexity index is 1130. The average molecular weight is 401 g/mol. The molecular weight excluding hydrogens is 374 g/mol. The van der Waals surface area contributed by atoms with Crippen LogP contribution in [0.5, 0.6) is 0 Å². The number of aliphatic imine (C=N–C) groups is 1. The van der Waals surface area contributed by atoms with Gasteiger partial charge in [0, 0.05) is 5.56 Å². The Balaban J connectivity index is 1.49. The second kappa shape index (κ2) is 7.67. The van der Waals surface area contributed by atoms with E-state index in [2.05, 4.69) is 32.0 Å². The number of carbonyl (C=O) groups is 1. The van der Waals surface area contributed by atoms with Crippen LogP contribution in [-0.2, 0) is 9.53 Å². The Hall–Kier alpha value is -3.02. The highest BCUT2D eigenvalue weighted by molar-refractivity contribution is 6.54. The number of nitrogens with zero attached hydrogens (tertiary/aromatic N) is 2. The summed E-state index contributed by atoms with van der Waals surface area (Å²) < 4.78 is 5.86. The van der Waals surface area contributed by atoms with E-state index in [1.54, 1.807) is 0 Å². The molecule has 3 aromatic carbocycles. The molecule has 0 aliphatic carbocycles. The van der Waals surface area contributed by atoms with Crippen molar-refractivity contribution in [2.45, 2.75) is 26.1 Å². The second-order valence-electron chi connectivity index (χ2n) is 8.32. The van der Waals surface area contributed by atoms with Crippen molar-refractivity contribution in [3.8, 4) is 0 Å². The summed E-state index contributed by atoms with van der Waals surface area (Å²) in [6.45, 7) is 6.62. The van der Waals surface area contributed by atoms with Gasteiger partial charge in [0.25, 0.3) is 5.91 Å². The monoisotopic (exact) mass is 400 g/mol. The Kier molecular flexibility index (Phi) is 4.85. The molecule has 0 saturated carbocycles. The van der Waals surface area contributed by atoms with Crippen LogP contribution in [-0.4, -0.2) is 43.6 Å². The molecule has 30 heavy (non-hydrogen) atoms. The number of benzene rings is 3. The quantitative estimate of drug-likeness (QED) is 0.735. The molecule has 2 atom stereocenters. The van der Waals surface area contributed by atoms with Crippen molar-refractivity contribution in [3.63, 3.8) is 0 Å². The first-order chi connectivity index (χ1) is 14.6. The number of para-hydroxylation sites is 1. The third-order valence-corrected chi connectivity index (χ3v) is 5.87. The van der Waals surface area contributed by atoms with E-state index < -0.39 is 0 Å². The molecule has 3 aromatic rings. The SMILES string of the molecule is C[C@H]1C[NH+](CN2C(=O)C(=Nc3ccc4ccccc4c3)c3ccccc32)C[C@H](C)O1. The third kappa shape index (κ3) is 3.51. The maximum absolute atomic E-state index is 13.4. The number of carbonyl (C=O) groups excluding carboxylic acids is 1. The van der Waals surface area contributed by atoms with Crippen LogP contribution < -0.4 is 9.80 Å². The van der Waals surface area contributed by atoms with Crippen LogP contribution in [0.25, 0.3) is 10.8 Å².